The van der Waals surface area contributed by atoms with Crippen LogP contribution in [0.3, 0.4) is 0 Å². The van der Waals surface area contributed by atoms with Crippen molar-refractivity contribution in [2.24, 2.45) is 0 Å². The van der Waals surface area contributed by atoms with Crippen LogP contribution < -0.4 is 4.74 Å². The van der Waals surface area contributed by atoms with Gasteiger partial charge in [-0.2, -0.15) is 0 Å². The van der Waals surface area contributed by atoms with Crippen LogP contribution in [0.1, 0.15) is 23.8 Å². The van der Waals surface area contributed by atoms with Crippen LogP contribution in [-0.2, 0) is 9.59 Å². The lowest BCUT2D eigenvalue weighted by molar-refractivity contribution is -0.139. The summed E-state index contributed by atoms with van der Waals surface area (Å²) in [5.41, 5.74) is 0.941. The van der Waals surface area contributed by atoms with Crippen LogP contribution in [0, 0.1) is 0 Å². The fourth-order valence-electron chi connectivity index (χ4n) is 2.19. The molecule has 1 aromatic heterocycles. The van der Waals surface area contributed by atoms with E-state index in [1.165, 1.54) is 11.3 Å². The average Bonchev–Trinajstić information content (AvgIpc) is 3.02. The number of hydrogen-bond donors (Lipinski definition) is 2. The van der Waals surface area contributed by atoms with Gasteiger partial charge in [0.1, 0.15) is 5.75 Å². The highest BCUT2D eigenvalue weighted by atomic mass is 32.1. The molecule has 0 amide bonds. The summed E-state index contributed by atoms with van der Waals surface area (Å²) in [4.78, 5) is 23.3. The zero-order valence-corrected chi connectivity index (χ0v) is 13.3. The molecule has 0 bridgehead atoms. The molecule has 1 aromatic carbocycles. The Bertz CT molecular complexity index is 714. The number of thiophene rings is 1. The van der Waals surface area contributed by atoms with Gasteiger partial charge in [0.25, 0.3) is 0 Å². The van der Waals surface area contributed by atoms with Gasteiger partial charge < -0.3 is 14.9 Å². The van der Waals surface area contributed by atoms with E-state index in [0.29, 0.717) is 28.4 Å². The van der Waals surface area contributed by atoms with Gasteiger partial charge in [-0.25, -0.2) is 4.79 Å². The fraction of sp³-hybridized carbons (Fsp3) is 0.176. The van der Waals surface area contributed by atoms with E-state index in [2.05, 4.69) is 0 Å². The van der Waals surface area contributed by atoms with Crippen LogP contribution in [0.15, 0.2) is 47.4 Å². The van der Waals surface area contributed by atoms with E-state index in [0.717, 1.165) is 0 Å². The highest BCUT2D eigenvalue weighted by Gasteiger charge is 2.21. The molecule has 0 fully saturated rings. The molecule has 0 aliphatic heterocycles. The molecule has 2 aromatic rings. The lowest BCUT2D eigenvalue weighted by Gasteiger charge is -2.12. The minimum atomic E-state index is -1.23. The molecule has 6 heteroatoms. The molecular formula is C17H16O5S. The van der Waals surface area contributed by atoms with E-state index < -0.39 is 18.4 Å². The van der Waals surface area contributed by atoms with Gasteiger partial charge in [0, 0.05) is 10.5 Å². The average molecular weight is 332 g/mol. The third-order valence-electron chi connectivity index (χ3n) is 3.11. The van der Waals surface area contributed by atoms with Crippen molar-refractivity contribution in [3.63, 3.8) is 0 Å². The summed E-state index contributed by atoms with van der Waals surface area (Å²) in [6.07, 6.45) is -0.546. The first-order valence-electron chi connectivity index (χ1n) is 6.98. The Labute approximate surface area is 137 Å². The minimum absolute atomic E-state index is 0.135. The third-order valence-corrected chi connectivity index (χ3v) is 4.00. The molecule has 2 N–H and O–H groups in total. The molecule has 0 radical (unpaired) electrons. The monoisotopic (exact) mass is 332 g/mol. The zero-order valence-electron chi connectivity index (χ0n) is 12.5. The molecule has 5 nitrogen and oxygen atoms in total. The SMILES string of the molecule is CCOc1ccc(C(=C(CC(=O)O)C(=O)O)c2cccs2)cc1. The summed E-state index contributed by atoms with van der Waals surface area (Å²) in [5.74, 6) is -1.73. The number of aliphatic carboxylic acids is 2. The lowest BCUT2D eigenvalue weighted by Crippen LogP contribution is -2.10. The maximum Gasteiger partial charge on any atom is 0.332 e. The van der Waals surface area contributed by atoms with Crippen LogP contribution in [0.2, 0.25) is 0 Å². The highest BCUT2D eigenvalue weighted by molar-refractivity contribution is 7.11. The van der Waals surface area contributed by atoms with Crippen LogP contribution in [0.4, 0.5) is 0 Å². The van der Waals surface area contributed by atoms with Crippen LogP contribution >= 0.6 is 11.3 Å². The van der Waals surface area contributed by atoms with Gasteiger partial charge in [-0.3, -0.25) is 4.79 Å². The summed E-state index contributed by atoms with van der Waals surface area (Å²) >= 11 is 1.37. The minimum Gasteiger partial charge on any atom is -0.494 e. The first kappa shape index (κ1) is 16.8. The quantitative estimate of drug-likeness (QED) is 0.758. The Morgan fingerprint density at radius 1 is 1.13 bits per heavy atom. The van der Waals surface area contributed by atoms with E-state index in [4.69, 9.17) is 9.84 Å². The van der Waals surface area contributed by atoms with E-state index >= 15 is 0 Å². The molecular weight excluding hydrogens is 316 g/mol. The van der Waals surface area contributed by atoms with Crippen LogP contribution in [0.25, 0.3) is 5.57 Å². The third kappa shape index (κ3) is 4.20. The van der Waals surface area contributed by atoms with Gasteiger partial charge in [-0.1, -0.05) is 18.2 Å². The van der Waals surface area contributed by atoms with Crippen molar-refractivity contribution in [1.29, 1.82) is 0 Å². The molecule has 0 aliphatic carbocycles. The van der Waals surface area contributed by atoms with Crippen molar-refractivity contribution < 1.29 is 24.5 Å². The summed E-state index contributed by atoms with van der Waals surface area (Å²) in [6, 6.07) is 10.5. The number of rotatable bonds is 7. The first-order chi connectivity index (χ1) is 11.0. The smallest absolute Gasteiger partial charge is 0.332 e. The van der Waals surface area contributed by atoms with Crippen molar-refractivity contribution >= 4 is 28.8 Å². The largest absolute Gasteiger partial charge is 0.494 e. The molecule has 23 heavy (non-hydrogen) atoms. The standard InChI is InChI=1S/C17H16O5S/c1-2-22-12-7-5-11(6-8-12)16(14-4-3-9-23-14)13(17(20)21)10-15(18)19/h3-9H,2,10H2,1H3,(H,18,19)(H,20,21). The molecule has 0 saturated heterocycles. The fourth-order valence-corrected chi connectivity index (χ4v) is 3.01. The molecule has 120 valence electrons. The normalized spacial score (nSPS) is 11.7. The zero-order chi connectivity index (χ0) is 16.8. The maximum absolute atomic E-state index is 11.6. The van der Waals surface area contributed by atoms with Gasteiger partial charge >= 0.3 is 11.9 Å². The van der Waals surface area contributed by atoms with Crippen LogP contribution in [-0.4, -0.2) is 28.8 Å². The number of carboxylic acid groups (broad SMARTS) is 2. The van der Waals surface area contributed by atoms with Gasteiger partial charge in [-0.05, 0) is 36.1 Å². The second kappa shape index (κ2) is 7.60. The second-order valence-corrected chi connectivity index (χ2v) is 5.61. The van der Waals surface area contributed by atoms with Gasteiger partial charge in [-0.15, -0.1) is 11.3 Å². The number of benzene rings is 1. The van der Waals surface area contributed by atoms with Crippen LogP contribution in [0.5, 0.6) is 5.75 Å². The number of ether oxygens (including phenoxy) is 1. The summed E-state index contributed by atoms with van der Waals surface area (Å²) in [6.45, 7) is 2.41. The Hall–Kier alpha value is -2.60. The molecule has 1 heterocycles. The first-order valence-corrected chi connectivity index (χ1v) is 7.86. The predicted octanol–water partition coefficient (Wildman–Crippen LogP) is 3.51. The molecule has 0 spiro atoms. The van der Waals surface area contributed by atoms with Crippen molar-refractivity contribution in [3.8, 4) is 5.75 Å². The number of hydrogen-bond acceptors (Lipinski definition) is 4. The van der Waals surface area contributed by atoms with Gasteiger partial charge in [0.2, 0.25) is 0 Å². The maximum atomic E-state index is 11.6. The lowest BCUT2D eigenvalue weighted by atomic mass is 9.96. The Morgan fingerprint density at radius 2 is 1.83 bits per heavy atom. The Morgan fingerprint density at radius 3 is 2.30 bits per heavy atom. The van der Waals surface area contributed by atoms with Crippen molar-refractivity contribution in [3.05, 3.63) is 57.8 Å². The van der Waals surface area contributed by atoms with Crippen molar-refractivity contribution in [2.75, 3.05) is 6.61 Å². The second-order valence-electron chi connectivity index (χ2n) is 4.66. The summed E-state index contributed by atoms with van der Waals surface area (Å²) < 4.78 is 5.38. The van der Waals surface area contributed by atoms with E-state index in [1.807, 2.05) is 12.3 Å². The molecule has 0 aliphatic rings. The van der Waals surface area contributed by atoms with Crippen molar-refractivity contribution in [2.45, 2.75) is 13.3 Å². The topological polar surface area (TPSA) is 83.8 Å². The Balaban J connectivity index is 2.58. The predicted molar refractivity (Wildman–Crippen MR) is 87.8 cm³/mol. The molecule has 0 saturated carbocycles. The van der Waals surface area contributed by atoms with E-state index in [-0.39, 0.29) is 5.57 Å². The van der Waals surface area contributed by atoms with Gasteiger partial charge in [0.05, 0.1) is 18.6 Å². The number of carbonyl (C=O) groups is 2. The number of carboxylic acids is 2. The molecule has 0 unspecified atom stereocenters. The van der Waals surface area contributed by atoms with E-state index in [9.17, 15) is 14.7 Å². The molecule has 0 atom stereocenters. The summed E-state index contributed by atoms with van der Waals surface area (Å²) in [5, 5.41) is 20.3. The highest BCUT2D eigenvalue weighted by Crippen LogP contribution is 2.32. The summed E-state index contributed by atoms with van der Waals surface area (Å²) in [7, 11) is 0. The van der Waals surface area contributed by atoms with Crippen molar-refractivity contribution in [1.82, 2.24) is 0 Å². The van der Waals surface area contributed by atoms with Gasteiger partial charge in [0.15, 0.2) is 0 Å². The van der Waals surface area contributed by atoms with E-state index in [1.54, 1.807) is 36.4 Å². The Kier molecular flexibility index (Phi) is 5.54. The molecule has 2 rings (SSSR count).